The molecular formula is C12H19N5. The van der Waals surface area contributed by atoms with Crippen LogP contribution in [0.15, 0.2) is 23.3 Å². The standard InChI is InChI=1S/C12H19N5/c1-17(2)9-8-16-11-10(4-3-5-13-11)12-14-6-7-15-12/h3-5H,6-9H2,1-2H3,(H,13,16)(H,14,15). The highest BCUT2D eigenvalue weighted by molar-refractivity contribution is 6.03. The van der Waals surface area contributed by atoms with Crippen LogP contribution >= 0.6 is 0 Å². The van der Waals surface area contributed by atoms with Crippen molar-refractivity contribution >= 4 is 11.7 Å². The van der Waals surface area contributed by atoms with Crippen LogP contribution in [-0.2, 0) is 0 Å². The summed E-state index contributed by atoms with van der Waals surface area (Å²) in [6.07, 6.45) is 1.80. The third-order valence-corrected chi connectivity index (χ3v) is 2.59. The fraction of sp³-hybridized carbons (Fsp3) is 0.500. The molecule has 0 radical (unpaired) electrons. The van der Waals surface area contributed by atoms with Gasteiger partial charge in [0.25, 0.3) is 0 Å². The van der Waals surface area contributed by atoms with Crippen LogP contribution in [0.25, 0.3) is 0 Å². The van der Waals surface area contributed by atoms with Crippen LogP contribution in [0.1, 0.15) is 5.56 Å². The number of aromatic nitrogens is 1. The van der Waals surface area contributed by atoms with Gasteiger partial charge < -0.3 is 15.5 Å². The summed E-state index contributed by atoms with van der Waals surface area (Å²) in [5, 5.41) is 6.62. The molecule has 5 nitrogen and oxygen atoms in total. The summed E-state index contributed by atoms with van der Waals surface area (Å²) in [6.45, 7) is 3.63. The van der Waals surface area contributed by atoms with E-state index in [0.717, 1.165) is 43.4 Å². The van der Waals surface area contributed by atoms with Crippen molar-refractivity contribution in [2.24, 2.45) is 4.99 Å². The van der Waals surface area contributed by atoms with Gasteiger partial charge in [-0.2, -0.15) is 0 Å². The maximum Gasteiger partial charge on any atom is 0.136 e. The van der Waals surface area contributed by atoms with Gasteiger partial charge in [-0.3, -0.25) is 4.99 Å². The molecule has 2 rings (SSSR count). The summed E-state index contributed by atoms with van der Waals surface area (Å²) in [5.74, 6) is 1.85. The van der Waals surface area contributed by atoms with E-state index in [0.29, 0.717) is 0 Å². The molecule has 0 amide bonds. The first-order chi connectivity index (χ1) is 8.27. The van der Waals surface area contributed by atoms with Gasteiger partial charge in [-0.15, -0.1) is 0 Å². The van der Waals surface area contributed by atoms with E-state index < -0.39 is 0 Å². The van der Waals surface area contributed by atoms with E-state index in [1.807, 2.05) is 12.1 Å². The Labute approximate surface area is 102 Å². The number of aliphatic imine (C=N–C) groups is 1. The Morgan fingerprint density at radius 1 is 1.47 bits per heavy atom. The molecular weight excluding hydrogens is 214 g/mol. The minimum absolute atomic E-state index is 0.849. The Morgan fingerprint density at radius 2 is 2.35 bits per heavy atom. The molecule has 17 heavy (non-hydrogen) atoms. The molecule has 2 N–H and O–H groups in total. The molecule has 0 atom stereocenters. The second kappa shape index (κ2) is 5.63. The number of nitrogens with zero attached hydrogens (tertiary/aromatic N) is 3. The number of amidine groups is 1. The minimum atomic E-state index is 0.849. The van der Waals surface area contributed by atoms with Gasteiger partial charge in [-0.1, -0.05) is 0 Å². The zero-order valence-corrected chi connectivity index (χ0v) is 10.4. The third-order valence-electron chi connectivity index (χ3n) is 2.59. The molecule has 0 saturated heterocycles. The predicted octanol–water partition coefficient (Wildman–Crippen LogP) is 0.405. The first-order valence-electron chi connectivity index (χ1n) is 5.89. The molecule has 0 aromatic carbocycles. The van der Waals surface area contributed by atoms with E-state index in [1.54, 1.807) is 6.20 Å². The minimum Gasteiger partial charge on any atom is -0.368 e. The second-order valence-electron chi connectivity index (χ2n) is 4.29. The van der Waals surface area contributed by atoms with E-state index >= 15 is 0 Å². The van der Waals surface area contributed by atoms with Crippen molar-refractivity contribution in [3.05, 3.63) is 23.9 Å². The number of rotatable bonds is 5. The second-order valence-corrected chi connectivity index (χ2v) is 4.29. The number of likely N-dealkylation sites (N-methyl/N-ethyl adjacent to an activating group) is 1. The number of nitrogens with one attached hydrogen (secondary N) is 2. The quantitative estimate of drug-likeness (QED) is 0.773. The van der Waals surface area contributed by atoms with Crippen molar-refractivity contribution < 1.29 is 0 Å². The third kappa shape index (κ3) is 3.17. The van der Waals surface area contributed by atoms with Gasteiger partial charge in [-0.25, -0.2) is 4.98 Å². The molecule has 5 heteroatoms. The maximum atomic E-state index is 4.42. The number of hydrogen-bond acceptors (Lipinski definition) is 5. The van der Waals surface area contributed by atoms with Crippen LogP contribution in [0.2, 0.25) is 0 Å². The van der Waals surface area contributed by atoms with Crippen molar-refractivity contribution in [1.29, 1.82) is 0 Å². The van der Waals surface area contributed by atoms with Crippen LogP contribution in [0, 0.1) is 0 Å². The molecule has 1 aliphatic heterocycles. The Kier molecular flexibility index (Phi) is 3.93. The van der Waals surface area contributed by atoms with E-state index in [-0.39, 0.29) is 0 Å². The van der Waals surface area contributed by atoms with E-state index in [9.17, 15) is 0 Å². The maximum absolute atomic E-state index is 4.42. The predicted molar refractivity (Wildman–Crippen MR) is 70.7 cm³/mol. The van der Waals surface area contributed by atoms with Crippen molar-refractivity contribution in [2.45, 2.75) is 0 Å². The molecule has 0 aliphatic carbocycles. The first-order valence-corrected chi connectivity index (χ1v) is 5.89. The Morgan fingerprint density at radius 3 is 3.06 bits per heavy atom. The fourth-order valence-corrected chi connectivity index (χ4v) is 1.71. The summed E-state index contributed by atoms with van der Waals surface area (Å²) in [7, 11) is 4.12. The molecule has 0 spiro atoms. The van der Waals surface area contributed by atoms with Gasteiger partial charge in [0.2, 0.25) is 0 Å². The van der Waals surface area contributed by atoms with Crippen molar-refractivity contribution in [3.8, 4) is 0 Å². The van der Waals surface area contributed by atoms with Crippen molar-refractivity contribution in [3.63, 3.8) is 0 Å². The smallest absolute Gasteiger partial charge is 0.136 e. The van der Waals surface area contributed by atoms with Crippen LogP contribution < -0.4 is 10.6 Å². The zero-order chi connectivity index (χ0) is 12.1. The van der Waals surface area contributed by atoms with E-state index in [2.05, 4.69) is 39.6 Å². The zero-order valence-electron chi connectivity index (χ0n) is 10.4. The highest BCUT2D eigenvalue weighted by Crippen LogP contribution is 2.12. The van der Waals surface area contributed by atoms with Crippen molar-refractivity contribution in [1.82, 2.24) is 15.2 Å². The summed E-state index contributed by atoms with van der Waals surface area (Å²) in [5.41, 5.74) is 1.06. The lowest BCUT2D eigenvalue weighted by Gasteiger charge is -2.13. The highest BCUT2D eigenvalue weighted by Gasteiger charge is 2.12. The molecule has 1 aromatic rings. The van der Waals surface area contributed by atoms with Gasteiger partial charge in [-0.05, 0) is 26.2 Å². The van der Waals surface area contributed by atoms with Crippen molar-refractivity contribution in [2.75, 3.05) is 45.6 Å². The van der Waals surface area contributed by atoms with E-state index in [4.69, 9.17) is 0 Å². The van der Waals surface area contributed by atoms with Gasteiger partial charge in [0, 0.05) is 25.8 Å². The fourth-order valence-electron chi connectivity index (χ4n) is 1.71. The SMILES string of the molecule is CN(C)CCNc1ncccc1C1=NCCN1. The summed E-state index contributed by atoms with van der Waals surface area (Å²) < 4.78 is 0. The van der Waals surface area contributed by atoms with Crippen LogP contribution in [0.3, 0.4) is 0 Å². The highest BCUT2D eigenvalue weighted by atomic mass is 15.1. The average molecular weight is 233 g/mol. The summed E-state index contributed by atoms with van der Waals surface area (Å²) in [4.78, 5) is 10.9. The van der Waals surface area contributed by atoms with Crippen LogP contribution in [-0.4, -0.2) is 56.0 Å². The lowest BCUT2D eigenvalue weighted by Crippen LogP contribution is -2.24. The topological polar surface area (TPSA) is 52.5 Å². The molecule has 1 aromatic heterocycles. The first kappa shape index (κ1) is 11.9. The summed E-state index contributed by atoms with van der Waals surface area (Å²) >= 11 is 0. The normalized spacial score (nSPS) is 14.6. The lowest BCUT2D eigenvalue weighted by molar-refractivity contribution is 0.425. The Bertz CT molecular complexity index is 400. The monoisotopic (exact) mass is 233 g/mol. The van der Waals surface area contributed by atoms with Gasteiger partial charge in [0.1, 0.15) is 11.7 Å². The lowest BCUT2D eigenvalue weighted by atomic mass is 10.2. The molecule has 0 unspecified atom stereocenters. The van der Waals surface area contributed by atoms with Crippen LogP contribution in [0.4, 0.5) is 5.82 Å². The molecule has 0 bridgehead atoms. The average Bonchev–Trinajstić information content (AvgIpc) is 2.82. The Hall–Kier alpha value is -1.62. The summed E-state index contributed by atoms with van der Waals surface area (Å²) in [6, 6.07) is 3.98. The number of pyridine rings is 1. The molecule has 1 aliphatic rings. The van der Waals surface area contributed by atoms with Gasteiger partial charge in [0.05, 0.1) is 12.1 Å². The number of anilines is 1. The molecule has 92 valence electrons. The van der Waals surface area contributed by atoms with Crippen LogP contribution in [0.5, 0.6) is 0 Å². The molecule has 0 fully saturated rings. The Balaban J connectivity index is 2.05. The molecule has 0 saturated carbocycles. The number of hydrogen-bond donors (Lipinski definition) is 2. The molecule has 2 heterocycles. The van der Waals surface area contributed by atoms with Gasteiger partial charge in [0.15, 0.2) is 0 Å². The van der Waals surface area contributed by atoms with E-state index in [1.165, 1.54) is 0 Å². The van der Waals surface area contributed by atoms with Gasteiger partial charge >= 0.3 is 0 Å². The largest absolute Gasteiger partial charge is 0.368 e.